The lowest BCUT2D eigenvalue weighted by Gasteiger charge is -2.27. The fraction of sp³-hybridized carbons (Fsp3) is 0.700. The Balaban J connectivity index is 0. The molecule has 0 aromatic heterocycles. The quantitative estimate of drug-likeness (QED) is 0.0719. The van der Waals surface area contributed by atoms with E-state index in [1.54, 1.807) is 11.8 Å². The van der Waals surface area contributed by atoms with Crippen molar-refractivity contribution in [2.24, 2.45) is 10.8 Å². The summed E-state index contributed by atoms with van der Waals surface area (Å²) in [6.45, 7) is 25.3. The third-order valence-corrected chi connectivity index (χ3v) is 11.6. The molecule has 0 aliphatic heterocycles. The SMILES string of the molecule is CCCCC(CC)(CO)CO.CCCCC(CC)(CO)CO.Cc1cc(Sc2cc(C)c(O)c(C(C)(C)C)c2)cc(C(C)(C)C)c1O.OP(O)OP(O)O. The molecule has 0 heterocycles. The molecule has 11 nitrogen and oxygen atoms in total. The fourth-order valence-electron chi connectivity index (χ4n) is 5.28. The van der Waals surface area contributed by atoms with Crippen LogP contribution in [0.4, 0.5) is 0 Å². The van der Waals surface area contributed by atoms with Gasteiger partial charge < -0.3 is 50.2 Å². The first-order valence-corrected chi connectivity index (χ1v) is 21.9. The van der Waals surface area contributed by atoms with Crippen LogP contribution in [0.5, 0.6) is 11.5 Å². The van der Waals surface area contributed by atoms with Gasteiger partial charge >= 0.3 is 17.2 Å². The molecule has 316 valence electrons. The van der Waals surface area contributed by atoms with Gasteiger partial charge in [0.05, 0.1) is 26.4 Å². The van der Waals surface area contributed by atoms with Crippen LogP contribution in [0.1, 0.15) is 143 Å². The van der Waals surface area contributed by atoms with Gasteiger partial charge in [0, 0.05) is 31.7 Å². The Bertz CT molecular complexity index is 1190. The summed E-state index contributed by atoms with van der Waals surface area (Å²) in [5.41, 5.74) is 3.04. The number of benzene rings is 2. The Morgan fingerprint density at radius 3 is 1.04 bits per heavy atom. The molecule has 0 unspecified atom stereocenters. The van der Waals surface area contributed by atoms with Crippen LogP contribution in [-0.2, 0) is 15.1 Å². The predicted molar refractivity (Wildman–Crippen MR) is 224 cm³/mol. The summed E-state index contributed by atoms with van der Waals surface area (Å²) in [4.78, 5) is 33.5. The summed E-state index contributed by atoms with van der Waals surface area (Å²) >= 11 is 1.67. The number of hydrogen-bond acceptors (Lipinski definition) is 12. The van der Waals surface area contributed by atoms with Crippen LogP contribution >= 0.6 is 29.0 Å². The maximum Gasteiger partial charge on any atom is 0.334 e. The Morgan fingerprint density at radius 2 is 0.852 bits per heavy atom. The lowest BCUT2D eigenvalue weighted by atomic mass is 9.82. The Hall–Kier alpha value is -1.11. The minimum Gasteiger partial charge on any atom is -0.507 e. The van der Waals surface area contributed by atoms with Crippen molar-refractivity contribution < 1.29 is 54.5 Å². The van der Waals surface area contributed by atoms with Gasteiger partial charge in [-0.1, -0.05) is 107 Å². The number of unbranched alkanes of at least 4 members (excludes halogenated alkanes) is 2. The highest BCUT2D eigenvalue weighted by Gasteiger charge is 2.26. The summed E-state index contributed by atoms with van der Waals surface area (Å²) in [6, 6.07) is 8.19. The second kappa shape index (κ2) is 26.7. The minimum atomic E-state index is -2.61. The normalized spacial score (nSPS) is 12.1. The van der Waals surface area contributed by atoms with Crippen molar-refractivity contribution in [1.82, 2.24) is 0 Å². The van der Waals surface area contributed by atoms with Crippen LogP contribution in [0, 0.1) is 24.7 Å². The molecular formula is C40H74O11P2S. The van der Waals surface area contributed by atoms with Gasteiger partial charge in [-0.15, -0.1) is 0 Å². The number of aryl methyl sites for hydroxylation is 2. The lowest BCUT2D eigenvalue weighted by molar-refractivity contribution is 0.0419. The van der Waals surface area contributed by atoms with Crippen LogP contribution in [0.3, 0.4) is 0 Å². The molecule has 0 bridgehead atoms. The Kier molecular flexibility index (Phi) is 27.2. The van der Waals surface area contributed by atoms with E-state index in [1.807, 2.05) is 39.8 Å². The van der Waals surface area contributed by atoms with Gasteiger partial charge in [0.2, 0.25) is 0 Å². The number of aliphatic hydroxyl groups excluding tert-OH is 4. The van der Waals surface area contributed by atoms with Gasteiger partial charge in [0.25, 0.3) is 0 Å². The van der Waals surface area contributed by atoms with Crippen molar-refractivity contribution in [3.63, 3.8) is 0 Å². The van der Waals surface area contributed by atoms with E-state index < -0.39 is 17.2 Å². The highest BCUT2D eigenvalue weighted by atomic mass is 32.2. The van der Waals surface area contributed by atoms with Crippen LogP contribution in [-0.4, -0.2) is 76.6 Å². The van der Waals surface area contributed by atoms with E-state index in [4.69, 9.17) is 40.0 Å². The van der Waals surface area contributed by atoms with E-state index in [2.05, 4.69) is 71.8 Å². The molecule has 2 rings (SSSR count). The summed E-state index contributed by atoms with van der Waals surface area (Å²) in [5.74, 6) is 0.767. The van der Waals surface area contributed by atoms with Crippen molar-refractivity contribution in [2.45, 2.75) is 155 Å². The number of aliphatic hydroxyl groups is 4. The summed E-state index contributed by atoms with van der Waals surface area (Å²) in [6.07, 6.45) is 8.04. The monoisotopic (exact) mass is 824 g/mol. The maximum atomic E-state index is 10.4. The van der Waals surface area contributed by atoms with Crippen LogP contribution in [0.2, 0.25) is 0 Å². The molecule has 0 fully saturated rings. The first-order valence-electron chi connectivity index (χ1n) is 18.8. The van der Waals surface area contributed by atoms with Gasteiger partial charge in [-0.05, 0) is 85.8 Å². The molecule has 0 radical (unpaired) electrons. The van der Waals surface area contributed by atoms with E-state index in [9.17, 15) is 10.2 Å². The van der Waals surface area contributed by atoms with E-state index in [1.165, 1.54) is 0 Å². The minimum absolute atomic E-state index is 0.111. The molecule has 10 N–H and O–H groups in total. The molecule has 2 aromatic carbocycles. The van der Waals surface area contributed by atoms with Crippen molar-refractivity contribution >= 4 is 29.0 Å². The first kappa shape index (κ1) is 55.0. The summed E-state index contributed by atoms with van der Waals surface area (Å²) < 4.78 is 3.60. The average Bonchev–Trinajstić information content (AvgIpc) is 3.09. The Morgan fingerprint density at radius 1 is 0.556 bits per heavy atom. The first-order chi connectivity index (χ1) is 24.9. The molecule has 0 saturated carbocycles. The second-order valence-electron chi connectivity index (χ2n) is 16.0. The smallest absolute Gasteiger partial charge is 0.334 e. The second-order valence-corrected chi connectivity index (χ2v) is 18.8. The molecule has 0 saturated heterocycles. The maximum absolute atomic E-state index is 10.4. The summed E-state index contributed by atoms with van der Waals surface area (Å²) in [7, 11) is -5.22. The molecule has 54 heavy (non-hydrogen) atoms. The fourth-order valence-corrected chi connectivity index (χ4v) is 6.90. The highest BCUT2D eigenvalue weighted by Crippen LogP contribution is 2.43. The molecule has 0 atom stereocenters. The number of aromatic hydroxyl groups is 2. The van der Waals surface area contributed by atoms with Crippen LogP contribution in [0.15, 0.2) is 34.1 Å². The molecule has 0 amide bonds. The van der Waals surface area contributed by atoms with Crippen molar-refractivity contribution in [3.8, 4) is 11.5 Å². The van der Waals surface area contributed by atoms with Crippen molar-refractivity contribution in [3.05, 3.63) is 46.5 Å². The zero-order valence-electron chi connectivity index (χ0n) is 35.0. The van der Waals surface area contributed by atoms with E-state index in [-0.39, 0.29) is 48.1 Å². The third kappa shape index (κ3) is 20.4. The topological polar surface area (TPSA) is 212 Å². The number of rotatable bonds is 16. The van der Waals surface area contributed by atoms with Gasteiger partial charge in [-0.3, -0.25) is 0 Å². The average molecular weight is 825 g/mol. The van der Waals surface area contributed by atoms with Gasteiger partial charge in [-0.25, -0.2) is 4.31 Å². The number of hydrogen-bond donors (Lipinski definition) is 10. The highest BCUT2D eigenvalue weighted by molar-refractivity contribution is 7.99. The van der Waals surface area contributed by atoms with Crippen LogP contribution < -0.4 is 0 Å². The molecule has 2 aromatic rings. The zero-order chi connectivity index (χ0) is 42.5. The van der Waals surface area contributed by atoms with E-state index >= 15 is 0 Å². The number of phenols is 2. The predicted octanol–water partition coefficient (Wildman–Crippen LogP) is 9.00. The van der Waals surface area contributed by atoms with Gasteiger partial charge in [0.1, 0.15) is 11.5 Å². The standard InChI is InChI=1S/C22H30O2S.2C9H20O2.H4O5P2/c1-13-9-15(11-17(19(13)23)21(3,4)5)25-16-10-14(2)20(24)18(12-16)22(6,7)8;2*1-3-5-6-9(4-2,7-10)8-11;1-6(2)5-7(3)4/h9-12,23-24H,1-8H3;2*10-11H,3-8H2,1-2H3;1-4H. The van der Waals surface area contributed by atoms with Crippen LogP contribution in [0.25, 0.3) is 0 Å². The van der Waals surface area contributed by atoms with Crippen molar-refractivity contribution in [2.75, 3.05) is 26.4 Å². The molecule has 0 spiro atoms. The largest absolute Gasteiger partial charge is 0.507 e. The molecule has 0 aliphatic rings. The third-order valence-electron chi connectivity index (χ3n) is 9.51. The van der Waals surface area contributed by atoms with Gasteiger partial charge in [-0.2, -0.15) is 0 Å². The number of phenolic OH excluding ortho intramolecular Hbond substituents is 2. The lowest BCUT2D eigenvalue weighted by Crippen LogP contribution is -2.28. The Labute approximate surface area is 332 Å². The van der Waals surface area contributed by atoms with Gasteiger partial charge in [0.15, 0.2) is 0 Å². The summed E-state index contributed by atoms with van der Waals surface area (Å²) in [5, 5.41) is 57.0. The van der Waals surface area contributed by atoms with E-state index in [0.29, 0.717) is 11.5 Å². The molecular weight excluding hydrogens is 750 g/mol. The molecule has 0 aliphatic carbocycles. The molecule has 14 heteroatoms. The van der Waals surface area contributed by atoms with E-state index in [0.717, 1.165) is 83.4 Å². The van der Waals surface area contributed by atoms with Crippen molar-refractivity contribution in [1.29, 1.82) is 0 Å². The zero-order valence-corrected chi connectivity index (χ0v) is 37.6.